The van der Waals surface area contributed by atoms with Crippen LogP contribution in [0.15, 0.2) is 41.5 Å². The van der Waals surface area contributed by atoms with Crippen molar-refractivity contribution in [3.8, 4) is 0 Å². The van der Waals surface area contributed by atoms with Crippen molar-refractivity contribution in [2.75, 3.05) is 45.9 Å². The summed E-state index contributed by atoms with van der Waals surface area (Å²) in [7, 11) is 0. The Morgan fingerprint density at radius 3 is 1.84 bits per heavy atom. The average molecular weight is 1530 g/mol. The Balaban J connectivity index is 1.37. The van der Waals surface area contributed by atoms with Gasteiger partial charge in [-0.3, -0.25) is 72.1 Å². The van der Waals surface area contributed by atoms with Crippen LogP contribution in [0.2, 0.25) is 0 Å². The second-order valence-electron chi connectivity index (χ2n) is 27.9. The Morgan fingerprint density at radius 1 is 0.642 bits per heavy atom. The molecule has 4 aliphatic heterocycles. The molecule has 5 heterocycles. The van der Waals surface area contributed by atoms with Crippen LogP contribution < -0.4 is 76.1 Å². The van der Waals surface area contributed by atoms with E-state index in [1.165, 1.54) is 9.80 Å². The maximum Gasteiger partial charge on any atom is 0.326 e. The number of nitrogens with one attached hydrogen (secondary N) is 10. The smallest absolute Gasteiger partial charge is 0.326 e. The van der Waals surface area contributed by atoms with E-state index in [1.54, 1.807) is 58.0 Å². The lowest BCUT2D eigenvalue weighted by Gasteiger charge is -2.35. The topological polar surface area (TPSA) is 614 Å². The standard InChI is InChI=1S/C69H107N21O19/c1-6-36(3)53-63(103)75-33-51(93)77-42(20-13-25-74-69(72)73)57(97)81-46(34-90-40(32-76-86-90)30-41(71)56(96)79-44(29-39-17-9-8-10-18-39)65(105)87-26-14-21-48(87)61(101)80-45(68(108)109)31-52(94)95)59(99)85-55(38(5)92)64(104)78-43(19-11-12-24-70)58(98)82-47(35-91)60(100)84-54(37(4)7-2)67(107)89-28-16-23-50(89)66(106)88-27-15-22-49(88)62(102)83-53/h8-10,17-18,32,36-38,41-50,53-55,91-92H,6-7,11-16,19-31,33-35,70-71H2,1-5H3,(H,75,103)(H,77,93)(H,78,104)(H,79,96)(H,80,101)(H,81,97)(H,82,98)(H,83,102)(H,84,100)(H,85,99)(H,94,95)(H,108,109)(H4,72,73,74)/t36-,37-,38+,41-,42-,43-,44-,45-,46-,47-,48-,49-,50-,53-,54-,55-/m0/s1. The van der Waals surface area contributed by atoms with Crippen LogP contribution in [0.1, 0.15) is 136 Å². The number of nitrogens with two attached hydrogens (primary N) is 4. The molecule has 0 bridgehead atoms. The van der Waals surface area contributed by atoms with Crippen LogP contribution in [-0.2, 0) is 91.3 Å². The number of aliphatic carboxylic acids is 2. The first-order valence-electron chi connectivity index (χ1n) is 36.9. The van der Waals surface area contributed by atoms with Crippen LogP contribution >= 0.6 is 0 Å². The molecule has 0 unspecified atom stereocenters. The number of rotatable bonds is 28. The molecule has 22 N–H and O–H groups in total. The van der Waals surface area contributed by atoms with Gasteiger partial charge in [-0.1, -0.05) is 76.1 Å². The number of unbranched alkanes of at least 4 members (excludes halogenated alkanes) is 1. The number of carbonyl (C=O) groups is 15. The molecule has 2 aromatic rings. The molecule has 40 heteroatoms. The van der Waals surface area contributed by atoms with E-state index in [0.717, 1.165) is 22.7 Å². The van der Waals surface area contributed by atoms with E-state index in [2.05, 4.69) is 68.5 Å². The van der Waals surface area contributed by atoms with Gasteiger partial charge < -0.3 is 111 Å². The van der Waals surface area contributed by atoms with Crippen molar-refractivity contribution in [1.29, 1.82) is 0 Å². The Kier molecular flexibility index (Phi) is 33.9. The van der Waals surface area contributed by atoms with Gasteiger partial charge in [0.15, 0.2) is 5.96 Å². The Morgan fingerprint density at radius 2 is 1.22 bits per heavy atom. The zero-order valence-corrected chi connectivity index (χ0v) is 62.0. The van der Waals surface area contributed by atoms with Gasteiger partial charge in [-0.15, -0.1) is 5.10 Å². The van der Waals surface area contributed by atoms with Gasteiger partial charge in [0.1, 0.15) is 72.5 Å². The Hall–Kier alpha value is -10.5. The fourth-order valence-electron chi connectivity index (χ4n) is 13.3. The number of hydrogen-bond donors (Lipinski definition) is 18. The van der Waals surface area contributed by atoms with E-state index in [4.69, 9.17) is 22.9 Å². The Bertz CT molecular complexity index is 3580. The molecule has 0 spiro atoms. The first kappa shape index (κ1) is 87.4. The maximum absolute atomic E-state index is 15.1. The van der Waals surface area contributed by atoms with E-state index in [9.17, 15) is 87.5 Å². The summed E-state index contributed by atoms with van der Waals surface area (Å²) in [5.74, 6) is -16.5. The predicted molar refractivity (Wildman–Crippen MR) is 387 cm³/mol. The molecule has 6 rings (SSSR count). The molecule has 4 saturated heterocycles. The SMILES string of the molecule is CC[C@H](C)[C@@H]1NC(=O)[C@@H]2CCCN2C(=O)[C@@H]2CCCN2C(=O)[C@H]([C@@H](C)CC)NC(=O)[C@H](CO)NC(=O)[C@H](CCCCN)NC(=O)[C@H]([C@@H](C)O)NC(=O)[C@H](Cn2nncc2C[C@H](N)C(=O)N[C@@H](Cc2ccccc2)C(=O)N2CCC[C@H]2C(=O)N[C@@H](CC(=O)O)C(=O)O)NC(=O)[C@H](CCCN=C(N)N)NC(=O)CNC1=O. The van der Waals surface area contributed by atoms with E-state index in [-0.39, 0.29) is 102 Å². The van der Waals surface area contributed by atoms with Gasteiger partial charge in [0.05, 0.1) is 50.2 Å². The summed E-state index contributed by atoms with van der Waals surface area (Å²) in [5.41, 5.74) is 24.2. The highest BCUT2D eigenvalue weighted by Gasteiger charge is 2.47. The third-order valence-electron chi connectivity index (χ3n) is 19.9. The quantitative estimate of drug-likeness (QED) is 0.0214. The summed E-state index contributed by atoms with van der Waals surface area (Å²) < 4.78 is 1.04. The number of nitrogens with zero attached hydrogens (tertiary/aromatic N) is 7. The number of guanidine groups is 1. The summed E-state index contributed by atoms with van der Waals surface area (Å²) in [5, 5.41) is 74.3. The zero-order chi connectivity index (χ0) is 80.3. The lowest BCUT2D eigenvalue weighted by atomic mass is 9.96. The number of aliphatic hydroxyl groups is 2. The number of carboxylic acids is 2. The van der Waals surface area contributed by atoms with Crippen molar-refractivity contribution in [2.24, 2.45) is 39.8 Å². The molecule has 109 heavy (non-hydrogen) atoms. The minimum atomic E-state index is -1.99. The molecule has 1 aromatic carbocycles. The fourth-order valence-corrected chi connectivity index (χ4v) is 13.3. The van der Waals surface area contributed by atoms with Gasteiger partial charge in [0.2, 0.25) is 76.8 Å². The normalized spacial score (nSPS) is 25.0. The van der Waals surface area contributed by atoms with Gasteiger partial charge in [0.25, 0.3) is 0 Å². The molecule has 16 atom stereocenters. The van der Waals surface area contributed by atoms with E-state index in [1.807, 2.05) is 0 Å². The fraction of sp³-hybridized carbons (Fsp3) is 0.652. The van der Waals surface area contributed by atoms with E-state index < -0.39 is 218 Å². The number of benzene rings is 1. The van der Waals surface area contributed by atoms with Gasteiger partial charge in [0, 0.05) is 39.0 Å². The first-order valence-corrected chi connectivity index (χ1v) is 36.9. The van der Waals surface area contributed by atoms with Crippen molar-refractivity contribution >= 4 is 94.7 Å². The minimum Gasteiger partial charge on any atom is -0.481 e. The number of carbonyl (C=O) groups excluding carboxylic acids is 13. The van der Waals surface area contributed by atoms with Gasteiger partial charge in [-0.25, -0.2) is 9.48 Å². The number of carboxylic acid groups (broad SMARTS) is 2. The maximum atomic E-state index is 15.1. The molecule has 4 fully saturated rings. The highest BCUT2D eigenvalue weighted by molar-refractivity contribution is 6.00. The zero-order valence-electron chi connectivity index (χ0n) is 62.0. The number of aromatic nitrogens is 3. The Labute approximate surface area is 629 Å². The minimum absolute atomic E-state index is 0.00138. The third kappa shape index (κ3) is 25.0. The summed E-state index contributed by atoms with van der Waals surface area (Å²) >= 11 is 0. The number of fused-ring (bicyclic) bond motifs is 2. The number of likely N-dealkylation sites (tertiary alicyclic amines) is 1. The summed E-state index contributed by atoms with van der Waals surface area (Å²) in [4.78, 5) is 219. The van der Waals surface area contributed by atoms with Crippen LogP contribution in [0.25, 0.3) is 0 Å². The van der Waals surface area contributed by atoms with Crippen LogP contribution in [0.3, 0.4) is 0 Å². The molecular formula is C69H107N21O19. The van der Waals surface area contributed by atoms with Crippen LogP contribution in [0.5, 0.6) is 0 Å². The molecule has 13 amide bonds. The molecule has 602 valence electrons. The molecule has 0 radical (unpaired) electrons. The summed E-state index contributed by atoms with van der Waals surface area (Å²) in [6.07, 6.45) is -0.0582. The van der Waals surface area contributed by atoms with Crippen molar-refractivity contribution in [2.45, 2.75) is 229 Å². The number of aliphatic imine (C=N–C) groups is 1. The van der Waals surface area contributed by atoms with Crippen molar-refractivity contribution in [1.82, 2.24) is 82.9 Å². The van der Waals surface area contributed by atoms with Gasteiger partial charge in [-0.2, -0.15) is 0 Å². The lowest BCUT2D eigenvalue weighted by molar-refractivity contribution is -0.149. The average Bonchev–Trinajstić information content (AvgIpc) is 1.68. The summed E-state index contributed by atoms with van der Waals surface area (Å²) in [6.45, 7) is 5.65. The molecular weight excluding hydrogens is 1430 g/mol. The monoisotopic (exact) mass is 1530 g/mol. The van der Waals surface area contributed by atoms with Crippen LogP contribution in [0, 0.1) is 11.8 Å². The second-order valence-corrected chi connectivity index (χ2v) is 27.9. The summed E-state index contributed by atoms with van der Waals surface area (Å²) in [6, 6.07) is -11.3. The number of aliphatic hydroxyl groups excluding tert-OH is 2. The van der Waals surface area contributed by atoms with Gasteiger partial charge in [-0.05, 0) is 101 Å². The lowest BCUT2D eigenvalue weighted by Crippen LogP contribution is -2.63. The third-order valence-corrected chi connectivity index (χ3v) is 19.9. The molecule has 1 aromatic heterocycles. The first-order chi connectivity index (χ1) is 51.8. The van der Waals surface area contributed by atoms with E-state index in [0.29, 0.717) is 37.7 Å². The van der Waals surface area contributed by atoms with Crippen LogP contribution in [0.4, 0.5) is 0 Å². The highest BCUT2D eigenvalue weighted by atomic mass is 16.4. The van der Waals surface area contributed by atoms with Crippen LogP contribution in [-0.4, -0.2) is 275 Å². The van der Waals surface area contributed by atoms with Crippen molar-refractivity contribution in [3.63, 3.8) is 0 Å². The highest BCUT2D eigenvalue weighted by Crippen LogP contribution is 2.28. The van der Waals surface area contributed by atoms with Crippen molar-refractivity contribution < 1.29 is 92.3 Å². The predicted octanol–water partition coefficient (Wildman–Crippen LogP) is -6.94. The molecule has 4 aliphatic rings. The molecule has 0 aliphatic carbocycles. The molecule has 0 saturated carbocycles. The van der Waals surface area contributed by atoms with Crippen molar-refractivity contribution in [3.05, 3.63) is 47.8 Å². The molecule has 40 nitrogen and oxygen atoms in total. The van der Waals surface area contributed by atoms with Gasteiger partial charge >= 0.3 is 11.9 Å². The number of amides is 13. The largest absolute Gasteiger partial charge is 0.481 e. The van der Waals surface area contributed by atoms with E-state index >= 15 is 4.79 Å². The number of hydrogen-bond acceptors (Lipinski definition) is 22. The second kappa shape index (κ2) is 42.3.